The van der Waals surface area contributed by atoms with Crippen molar-refractivity contribution in [1.82, 2.24) is 0 Å². The molecule has 1 radical (unpaired) electrons. The van der Waals surface area contributed by atoms with Gasteiger partial charge < -0.3 is 0 Å². The van der Waals surface area contributed by atoms with Crippen molar-refractivity contribution in [3.05, 3.63) is 6.26 Å². The van der Waals surface area contributed by atoms with Gasteiger partial charge in [0.1, 0.15) is 0 Å². The van der Waals surface area contributed by atoms with Crippen LogP contribution in [0.1, 0.15) is 0 Å². The zero-order valence-electron chi connectivity index (χ0n) is 2.20. The van der Waals surface area contributed by atoms with Crippen LogP contribution in [0.2, 0.25) is 0 Å². The maximum absolute atomic E-state index is 3.47. The zero-order valence-corrected chi connectivity index (χ0v) is 4.60. The van der Waals surface area contributed by atoms with Gasteiger partial charge in [-0.05, 0) is 0 Å². The third kappa shape index (κ3) is 2.83. The van der Waals surface area contributed by atoms with Crippen molar-refractivity contribution in [2.45, 2.75) is 0 Å². The van der Waals surface area contributed by atoms with Crippen molar-refractivity contribution in [1.29, 1.82) is 0 Å². The highest BCUT2D eigenvalue weighted by molar-refractivity contribution is 9.11. The Bertz CT molecular complexity index is 8.00. The molecule has 0 atom stereocenters. The van der Waals surface area contributed by atoms with Gasteiger partial charge in [0.05, 0.1) is 0 Å². The first-order valence-corrected chi connectivity index (χ1v) is 3.12. The fourth-order valence-electron chi connectivity index (χ4n) is 0. The second-order valence-electron chi connectivity index (χ2n) is 0.313. The molecule has 25 valence electrons. The Morgan fingerprint density at radius 1 is 2.00 bits per heavy atom. The number of hydrogen-bond donors (Lipinski definition) is 0. The monoisotopic (exact) mass is 139 g/mol. The third-order valence-corrected chi connectivity index (χ3v) is 1.20. The molecule has 0 aromatic carbocycles. The van der Waals surface area contributed by atoms with Crippen molar-refractivity contribution < 1.29 is 0 Å². The molecular formula is C2H4BrS. The molecule has 0 saturated carbocycles. The average molecular weight is 140 g/mol. The smallest absolute Gasteiger partial charge is 0.0490 e. The van der Waals surface area contributed by atoms with Crippen LogP contribution in [0.4, 0.5) is 0 Å². The predicted octanol–water partition coefficient (Wildman–Crippen LogP) is 1.86. The van der Waals surface area contributed by atoms with Crippen LogP contribution in [0.15, 0.2) is 0 Å². The van der Waals surface area contributed by atoms with E-state index in [1.807, 2.05) is 0 Å². The lowest BCUT2D eigenvalue weighted by atomic mass is 11.9. The van der Waals surface area contributed by atoms with Crippen LogP contribution in [0.3, 0.4) is 0 Å². The molecule has 0 spiro atoms. The minimum Gasteiger partial charge on any atom is -0.150 e. The third-order valence-electron chi connectivity index (χ3n) is 0.0772. The first kappa shape index (κ1) is 4.83. The van der Waals surface area contributed by atoms with Gasteiger partial charge in [-0.3, -0.25) is 0 Å². The Balaban J connectivity index is 1.97. The van der Waals surface area contributed by atoms with E-state index >= 15 is 0 Å². The second-order valence-corrected chi connectivity index (χ2v) is 2.31. The molecule has 0 amide bonds. The Kier molecular flexibility index (Phi) is 4.62. The second kappa shape index (κ2) is 3.83. The highest BCUT2D eigenvalue weighted by atomic mass is 79.9. The molecule has 0 aliphatic carbocycles. The number of rotatable bonds is 1. The van der Waals surface area contributed by atoms with Gasteiger partial charge in [-0.15, -0.1) is 11.8 Å². The molecular weight excluding hydrogens is 136 g/mol. The number of alkyl halides is 1. The van der Waals surface area contributed by atoms with Gasteiger partial charge in [0.25, 0.3) is 0 Å². The van der Waals surface area contributed by atoms with Gasteiger partial charge >= 0.3 is 0 Å². The summed E-state index contributed by atoms with van der Waals surface area (Å²) in [7, 11) is 0. The lowest BCUT2D eigenvalue weighted by Crippen LogP contribution is -1.39. The van der Waals surface area contributed by atoms with Crippen molar-refractivity contribution >= 4 is 27.7 Å². The predicted molar refractivity (Wildman–Crippen MR) is 26.7 cm³/mol. The van der Waals surface area contributed by atoms with Crippen molar-refractivity contribution in [3.8, 4) is 0 Å². The minimum atomic E-state index is 0.938. The van der Waals surface area contributed by atoms with Crippen molar-refractivity contribution in [3.63, 3.8) is 0 Å². The van der Waals surface area contributed by atoms with Crippen LogP contribution in [0.25, 0.3) is 0 Å². The molecule has 0 aliphatic rings. The summed E-state index contributed by atoms with van der Waals surface area (Å²) in [5.74, 6) is 0. The molecule has 0 aromatic heterocycles. The Labute approximate surface area is 39.1 Å². The standard InChI is InChI=1S/C2H4BrS/c1-4-2-3/h1-2H2. The average Bonchev–Trinajstić information content (AvgIpc) is 1.37. The summed E-state index contributed by atoms with van der Waals surface area (Å²) in [6, 6.07) is 0. The highest BCUT2D eigenvalue weighted by Gasteiger charge is 1.57. The van der Waals surface area contributed by atoms with Crippen LogP contribution in [-0.2, 0) is 0 Å². The minimum absolute atomic E-state index is 0.938. The molecule has 0 N–H and O–H groups in total. The van der Waals surface area contributed by atoms with E-state index in [-0.39, 0.29) is 0 Å². The zero-order chi connectivity index (χ0) is 3.41. The fourth-order valence-corrected chi connectivity index (χ4v) is 0. The van der Waals surface area contributed by atoms with Crippen LogP contribution in [-0.4, -0.2) is 4.66 Å². The summed E-state index contributed by atoms with van der Waals surface area (Å²) < 4.78 is 0.938. The van der Waals surface area contributed by atoms with Gasteiger partial charge in [-0.25, -0.2) is 0 Å². The van der Waals surface area contributed by atoms with Crippen LogP contribution in [0, 0.1) is 6.26 Å². The number of thioether (sulfide) groups is 1. The van der Waals surface area contributed by atoms with Gasteiger partial charge in [0.2, 0.25) is 0 Å². The molecule has 0 heterocycles. The molecule has 0 fully saturated rings. The van der Waals surface area contributed by atoms with E-state index in [2.05, 4.69) is 22.2 Å². The summed E-state index contributed by atoms with van der Waals surface area (Å²) >= 11 is 4.67. The SMILES string of the molecule is [CH2]SCBr. The summed E-state index contributed by atoms with van der Waals surface area (Å²) in [5, 5.41) is 0. The molecule has 4 heavy (non-hydrogen) atoms. The summed E-state index contributed by atoms with van der Waals surface area (Å²) in [4.78, 5) is 0. The van der Waals surface area contributed by atoms with Gasteiger partial charge in [-0.1, -0.05) is 15.9 Å². The highest BCUT2D eigenvalue weighted by Crippen LogP contribution is 1.97. The van der Waals surface area contributed by atoms with E-state index in [1.54, 1.807) is 0 Å². The number of halogens is 1. The number of hydrogen-bond acceptors (Lipinski definition) is 1. The van der Waals surface area contributed by atoms with E-state index in [0.717, 1.165) is 4.66 Å². The van der Waals surface area contributed by atoms with Crippen molar-refractivity contribution in [2.75, 3.05) is 4.66 Å². The van der Waals surface area contributed by atoms with E-state index < -0.39 is 0 Å². The van der Waals surface area contributed by atoms with Crippen molar-refractivity contribution in [2.24, 2.45) is 0 Å². The fraction of sp³-hybridized carbons (Fsp3) is 0.500. The maximum Gasteiger partial charge on any atom is 0.0490 e. The molecule has 0 bridgehead atoms. The maximum atomic E-state index is 3.47. The molecule has 0 nitrogen and oxygen atoms in total. The molecule has 0 saturated heterocycles. The molecule has 0 unspecified atom stereocenters. The van der Waals surface area contributed by atoms with E-state index in [1.165, 1.54) is 11.8 Å². The first-order valence-electron chi connectivity index (χ1n) is 0.845. The van der Waals surface area contributed by atoms with Gasteiger partial charge in [-0.2, -0.15) is 0 Å². The summed E-state index contributed by atoms with van der Waals surface area (Å²) in [6.45, 7) is 0. The topological polar surface area (TPSA) is 0 Å². The van der Waals surface area contributed by atoms with Crippen LogP contribution >= 0.6 is 27.7 Å². The van der Waals surface area contributed by atoms with E-state index in [0.29, 0.717) is 0 Å². The Hall–Kier alpha value is 0.830. The molecule has 0 aliphatic heterocycles. The molecule has 0 aromatic rings. The van der Waals surface area contributed by atoms with Gasteiger partial charge in [0.15, 0.2) is 0 Å². The van der Waals surface area contributed by atoms with Crippen LogP contribution < -0.4 is 0 Å². The largest absolute Gasteiger partial charge is 0.150 e. The normalized spacial score (nSPS) is 7.50. The lowest BCUT2D eigenvalue weighted by Gasteiger charge is -1.67. The first-order chi connectivity index (χ1) is 1.91. The quantitative estimate of drug-likeness (QED) is 0.501. The summed E-state index contributed by atoms with van der Waals surface area (Å²) in [5.41, 5.74) is 0. The summed E-state index contributed by atoms with van der Waals surface area (Å²) in [6.07, 6.45) is 3.47. The van der Waals surface area contributed by atoms with E-state index in [9.17, 15) is 0 Å². The lowest BCUT2D eigenvalue weighted by molar-refractivity contribution is 2.36. The molecule has 0 rings (SSSR count). The Morgan fingerprint density at radius 3 is 2.25 bits per heavy atom. The Morgan fingerprint density at radius 2 is 2.25 bits per heavy atom. The molecule has 2 heteroatoms. The van der Waals surface area contributed by atoms with Crippen LogP contribution in [0.5, 0.6) is 0 Å². The van der Waals surface area contributed by atoms with Gasteiger partial charge in [0, 0.05) is 10.9 Å². The van der Waals surface area contributed by atoms with E-state index in [4.69, 9.17) is 0 Å².